The van der Waals surface area contributed by atoms with E-state index in [0.717, 1.165) is 63.6 Å². The van der Waals surface area contributed by atoms with Crippen LogP contribution >= 0.6 is 11.6 Å². The van der Waals surface area contributed by atoms with E-state index in [4.69, 9.17) is 31.8 Å². The van der Waals surface area contributed by atoms with Crippen LogP contribution in [0.3, 0.4) is 0 Å². The Morgan fingerprint density at radius 1 is 1.11 bits per heavy atom. The van der Waals surface area contributed by atoms with Crippen molar-refractivity contribution in [3.63, 3.8) is 0 Å². The number of alkyl halides is 4. The monoisotopic (exact) mass is 650 g/mol. The summed E-state index contributed by atoms with van der Waals surface area (Å²) in [6, 6.07) is 1.83. The molecule has 14 heteroatoms. The van der Waals surface area contributed by atoms with Crippen LogP contribution in [0.2, 0.25) is 5.02 Å². The molecular weight excluding hydrogens is 619 g/mol. The second-order valence-corrected chi connectivity index (χ2v) is 13.9. The third-order valence-corrected chi connectivity index (χ3v) is 11.0. The second kappa shape index (κ2) is 9.66. The van der Waals surface area contributed by atoms with Crippen LogP contribution in [-0.2, 0) is 6.18 Å². The van der Waals surface area contributed by atoms with Gasteiger partial charge in [0.05, 0.1) is 16.1 Å². The summed E-state index contributed by atoms with van der Waals surface area (Å²) in [7, 11) is 1.88. The Kier molecular flexibility index (Phi) is 6.28. The molecular formula is C31H32ClF5N6O2. The molecule has 5 heterocycles. The van der Waals surface area contributed by atoms with E-state index in [1.165, 1.54) is 0 Å². The number of rotatable bonds is 4. The molecule has 240 valence electrons. The van der Waals surface area contributed by atoms with Crippen molar-refractivity contribution < 1.29 is 31.4 Å². The highest BCUT2D eigenvalue weighted by Crippen LogP contribution is 2.57. The third kappa shape index (κ3) is 4.50. The van der Waals surface area contributed by atoms with Crippen molar-refractivity contribution >= 4 is 34.0 Å². The van der Waals surface area contributed by atoms with Crippen molar-refractivity contribution in [2.45, 2.75) is 86.8 Å². The Morgan fingerprint density at radius 2 is 1.89 bits per heavy atom. The molecule has 2 spiro atoms. The number of fused-ring (bicyclic) bond motifs is 1. The van der Waals surface area contributed by atoms with Crippen molar-refractivity contribution in [1.82, 2.24) is 19.9 Å². The molecule has 8 nitrogen and oxygen atoms in total. The van der Waals surface area contributed by atoms with Gasteiger partial charge >= 0.3 is 12.2 Å². The summed E-state index contributed by atoms with van der Waals surface area (Å²) < 4.78 is 87.0. The summed E-state index contributed by atoms with van der Waals surface area (Å²) in [5.41, 5.74) is 1.64. The molecule has 4 fully saturated rings. The number of nitrogen functional groups attached to an aromatic ring is 1. The first-order valence-corrected chi connectivity index (χ1v) is 15.7. The third-order valence-electron chi connectivity index (χ3n) is 10.7. The molecule has 2 N–H and O–H groups in total. The number of anilines is 2. The van der Waals surface area contributed by atoms with Gasteiger partial charge in [0.1, 0.15) is 40.8 Å². The minimum Gasteiger partial charge on any atom is -0.470 e. The number of nitrogens with zero attached hydrogens (tertiary/aromatic N) is 5. The van der Waals surface area contributed by atoms with E-state index in [9.17, 15) is 17.6 Å². The molecule has 8 rings (SSSR count). The molecule has 2 saturated carbocycles. The van der Waals surface area contributed by atoms with Gasteiger partial charge in [-0.15, -0.1) is 0 Å². The molecule has 0 bridgehead atoms. The van der Waals surface area contributed by atoms with Crippen molar-refractivity contribution in [2.75, 3.05) is 37.4 Å². The summed E-state index contributed by atoms with van der Waals surface area (Å²) in [5.74, 6) is -0.829. The lowest BCUT2D eigenvalue weighted by Crippen LogP contribution is -2.51. The number of halogens is 6. The number of nitrogens with two attached hydrogens (primary N) is 1. The zero-order valence-corrected chi connectivity index (χ0v) is 25.4. The number of benzene rings is 1. The first-order chi connectivity index (χ1) is 21.3. The van der Waals surface area contributed by atoms with Gasteiger partial charge in [-0.3, -0.25) is 4.90 Å². The largest absolute Gasteiger partial charge is 0.470 e. The van der Waals surface area contributed by atoms with E-state index in [-0.39, 0.29) is 40.6 Å². The van der Waals surface area contributed by atoms with E-state index in [1.807, 2.05) is 11.9 Å². The number of aromatic nitrogens is 3. The zero-order chi connectivity index (χ0) is 31.5. The predicted molar refractivity (Wildman–Crippen MR) is 158 cm³/mol. The molecule has 5 aliphatic rings. The SMILES string of the molecule is CN1c2nc(OC[C@@]34CCCN3C[C@H](F)C4)nc3c(F)c(-c4cc(N)cc(Cl)c4C(F)(F)F)nc(c23)OC2(CCC2)CC12CC2. The van der Waals surface area contributed by atoms with Crippen LogP contribution in [0.1, 0.15) is 63.4 Å². The summed E-state index contributed by atoms with van der Waals surface area (Å²) >= 11 is 6.05. The number of pyridine rings is 1. The Hall–Kier alpha value is -3.19. The van der Waals surface area contributed by atoms with E-state index in [0.29, 0.717) is 25.2 Å². The van der Waals surface area contributed by atoms with Crippen LogP contribution in [0.25, 0.3) is 22.2 Å². The van der Waals surface area contributed by atoms with E-state index < -0.39 is 51.1 Å². The number of hydrogen-bond acceptors (Lipinski definition) is 8. The average Bonchev–Trinajstić information content (AvgIpc) is 3.52. The summed E-state index contributed by atoms with van der Waals surface area (Å²) in [6.45, 7) is 1.19. The molecule has 2 aromatic heterocycles. The lowest BCUT2D eigenvalue weighted by Gasteiger charge is -2.47. The van der Waals surface area contributed by atoms with Crippen LogP contribution in [0.5, 0.6) is 11.9 Å². The van der Waals surface area contributed by atoms with Gasteiger partial charge in [-0.1, -0.05) is 11.6 Å². The van der Waals surface area contributed by atoms with Gasteiger partial charge in [0.15, 0.2) is 5.82 Å². The van der Waals surface area contributed by atoms with Crippen LogP contribution in [-0.4, -0.2) is 69.4 Å². The van der Waals surface area contributed by atoms with Crippen molar-refractivity contribution in [2.24, 2.45) is 0 Å². The minimum absolute atomic E-state index is 0.0479. The Balaban J connectivity index is 1.34. The highest BCUT2D eigenvalue weighted by Gasteiger charge is 2.57. The summed E-state index contributed by atoms with van der Waals surface area (Å²) in [6.07, 6.45) is 0.888. The lowest BCUT2D eigenvalue weighted by atomic mass is 9.74. The molecule has 0 radical (unpaired) electrons. The molecule has 0 unspecified atom stereocenters. The summed E-state index contributed by atoms with van der Waals surface area (Å²) in [5, 5.41) is -0.513. The zero-order valence-electron chi connectivity index (χ0n) is 24.6. The van der Waals surface area contributed by atoms with Gasteiger partial charge in [0.2, 0.25) is 5.88 Å². The maximum atomic E-state index is 16.8. The molecule has 3 aliphatic heterocycles. The van der Waals surface area contributed by atoms with E-state index in [2.05, 4.69) is 14.9 Å². The molecule has 2 aliphatic carbocycles. The Morgan fingerprint density at radius 3 is 2.58 bits per heavy atom. The maximum Gasteiger partial charge on any atom is 0.418 e. The molecule has 2 saturated heterocycles. The number of ether oxygens (including phenoxy) is 2. The first kappa shape index (κ1) is 29.2. The topological polar surface area (TPSA) is 89.6 Å². The normalized spacial score (nSPS) is 26.5. The van der Waals surface area contributed by atoms with E-state index in [1.54, 1.807) is 0 Å². The Labute approximate surface area is 261 Å². The lowest BCUT2D eigenvalue weighted by molar-refractivity contribution is -0.137. The van der Waals surface area contributed by atoms with Gasteiger partial charge < -0.3 is 20.1 Å². The van der Waals surface area contributed by atoms with Gasteiger partial charge in [-0.05, 0) is 63.6 Å². The fourth-order valence-corrected chi connectivity index (χ4v) is 8.44. The van der Waals surface area contributed by atoms with Gasteiger partial charge in [0, 0.05) is 43.2 Å². The quantitative estimate of drug-likeness (QED) is 0.246. The van der Waals surface area contributed by atoms with Crippen molar-refractivity contribution in [3.05, 3.63) is 28.5 Å². The van der Waals surface area contributed by atoms with Crippen LogP contribution in [0.4, 0.5) is 33.5 Å². The van der Waals surface area contributed by atoms with Crippen molar-refractivity contribution in [3.8, 4) is 23.1 Å². The fourth-order valence-electron chi connectivity index (χ4n) is 8.10. The smallest absolute Gasteiger partial charge is 0.418 e. The average molecular weight is 651 g/mol. The maximum absolute atomic E-state index is 16.8. The first-order valence-electron chi connectivity index (χ1n) is 15.3. The standard InChI is InChI=1S/C31H32ClF5N6O2/c1-42-25-20-24(40-27(41-25)44-15-29-4-3-9-43(29)13-16(33)12-29)22(34)23(18-10-17(38)11-19(32)21(18)31(35,36)37)39-26(20)45-30(5-2-6-30)14-28(42)7-8-28/h10-11,16H,2-9,12-15,38H2,1H3/t16-,29+/m1/s1. The van der Waals surface area contributed by atoms with Gasteiger partial charge in [-0.2, -0.15) is 23.1 Å². The molecule has 0 amide bonds. The summed E-state index contributed by atoms with van der Waals surface area (Å²) in [4.78, 5) is 17.7. The highest BCUT2D eigenvalue weighted by molar-refractivity contribution is 6.32. The molecule has 1 aromatic carbocycles. The fraction of sp³-hybridized carbons (Fsp3) is 0.581. The van der Waals surface area contributed by atoms with Crippen LogP contribution in [0, 0.1) is 5.82 Å². The predicted octanol–water partition coefficient (Wildman–Crippen LogP) is 6.71. The van der Waals surface area contributed by atoms with Crippen molar-refractivity contribution in [1.29, 1.82) is 0 Å². The second-order valence-electron chi connectivity index (χ2n) is 13.5. The highest BCUT2D eigenvalue weighted by atomic mass is 35.5. The van der Waals surface area contributed by atoms with Crippen LogP contribution in [0.15, 0.2) is 12.1 Å². The molecule has 45 heavy (non-hydrogen) atoms. The van der Waals surface area contributed by atoms with Gasteiger partial charge in [0.25, 0.3) is 0 Å². The molecule has 3 aromatic rings. The van der Waals surface area contributed by atoms with Gasteiger partial charge in [-0.25, -0.2) is 13.8 Å². The Bertz CT molecular complexity index is 1730. The molecule has 2 atom stereocenters. The van der Waals surface area contributed by atoms with E-state index >= 15 is 4.39 Å². The van der Waals surface area contributed by atoms with Crippen LogP contribution < -0.4 is 20.1 Å². The minimum atomic E-state index is -4.93. The number of hydrogen-bond donors (Lipinski definition) is 1.